The molecule has 10 heteroatoms. The third-order valence-electron chi connectivity index (χ3n) is 5.08. The molecule has 0 aromatic heterocycles. The number of carbonyl (C=O) groups is 1. The molecule has 2 aromatic carbocycles. The lowest BCUT2D eigenvalue weighted by molar-refractivity contribution is 0.0939. The number of benzene rings is 2. The van der Waals surface area contributed by atoms with Crippen LogP contribution < -0.4 is 14.8 Å². The van der Waals surface area contributed by atoms with E-state index in [2.05, 4.69) is 15.3 Å². The predicted octanol–water partition coefficient (Wildman–Crippen LogP) is 2.22. The summed E-state index contributed by atoms with van der Waals surface area (Å²) in [5.74, 6) is 0.825. The fourth-order valence-corrected chi connectivity index (χ4v) is 4.68. The Morgan fingerprint density at radius 3 is 2.56 bits per heavy atom. The van der Waals surface area contributed by atoms with Crippen molar-refractivity contribution in [1.82, 2.24) is 9.62 Å². The average molecular weight is 455 g/mol. The van der Waals surface area contributed by atoms with Gasteiger partial charge in [-0.05, 0) is 42.5 Å². The van der Waals surface area contributed by atoms with Crippen molar-refractivity contribution in [3.8, 4) is 11.5 Å². The number of methoxy groups -OCH3 is 2. The molecule has 2 aliphatic heterocycles. The van der Waals surface area contributed by atoms with Crippen LogP contribution in [0.15, 0.2) is 75.2 Å². The fraction of sp³-hybridized carbons (Fsp3) is 0.227. The van der Waals surface area contributed by atoms with E-state index in [0.717, 1.165) is 0 Å². The Bertz CT molecular complexity index is 1220. The SMILES string of the molecule is COc1ccc(S(=O)(=O)N2C=C3C=NC(NC(=O)c4cccc(OC)c4)N=C3CC2)cc1. The standard InChI is InChI=1S/C22H22N4O5S/c1-30-17-6-8-19(9-7-17)32(28,29)26-11-10-20-16(14-26)13-23-22(24-20)25-21(27)15-4-3-5-18(12-15)31-2/h3-9,12-14,22H,10-11H2,1-2H3,(H,25,27). The Balaban J connectivity index is 1.48. The second-order valence-corrected chi connectivity index (χ2v) is 8.95. The van der Waals surface area contributed by atoms with E-state index in [0.29, 0.717) is 34.8 Å². The van der Waals surface area contributed by atoms with Crippen LogP contribution in [0.3, 0.4) is 0 Å². The molecule has 0 aliphatic carbocycles. The summed E-state index contributed by atoms with van der Waals surface area (Å²) in [4.78, 5) is 21.4. The van der Waals surface area contributed by atoms with Gasteiger partial charge in [-0.3, -0.25) is 9.10 Å². The number of hydrogen-bond donors (Lipinski definition) is 1. The maximum atomic E-state index is 13.0. The molecule has 1 N–H and O–H groups in total. The summed E-state index contributed by atoms with van der Waals surface area (Å²) in [7, 11) is -0.656. The van der Waals surface area contributed by atoms with E-state index < -0.39 is 16.3 Å². The van der Waals surface area contributed by atoms with Gasteiger partial charge in [0.25, 0.3) is 15.9 Å². The van der Waals surface area contributed by atoms with Crippen LogP contribution >= 0.6 is 0 Å². The molecule has 0 spiro atoms. The zero-order valence-corrected chi connectivity index (χ0v) is 18.4. The first-order valence-corrected chi connectivity index (χ1v) is 11.3. The number of fused-ring (bicyclic) bond motifs is 1. The summed E-state index contributed by atoms with van der Waals surface area (Å²) in [6, 6.07) is 13.0. The van der Waals surface area contributed by atoms with Gasteiger partial charge in [-0.2, -0.15) is 0 Å². The van der Waals surface area contributed by atoms with Crippen LogP contribution in [0.4, 0.5) is 0 Å². The Kier molecular flexibility index (Phi) is 5.95. The number of nitrogens with zero attached hydrogens (tertiary/aromatic N) is 3. The van der Waals surface area contributed by atoms with Crippen molar-refractivity contribution in [1.29, 1.82) is 0 Å². The van der Waals surface area contributed by atoms with E-state index in [1.54, 1.807) is 36.4 Å². The molecule has 2 aliphatic rings. The summed E-state index contributed by atoms with van der Waals surface area (Å²) < 4.78 is 37.4. The number of rotatable bonds is 6. The molecule has 0 fully saturated rings. The summed E-state index contributed by atoms with van der Waals surface area (Å²) in [6.45, 7) is 0.237. The Morgan fingerprint density at radius 2 is 1.84 bits per heavy atom. The minimum absolute atomic E-state index is 0.173. The lowest BCUT2D eigenvalue weighted by atomic mass is 10.1. The molecule has 0 radical (unpaired) electrons. The molecule has 1 atom stereocenters. The first-order chi connectivity index (χ1) is 15.4. The third kappa shape index (κ3) is 4.35. The van der Waals surface area contributed by atoms with Crippen LogP contribution in [0.2, 0.25) is 0 Å². The normalized spacial score (nSPS) is 17.7. The lowest BCUT2D eigenvalue weighted by Crippen LogP contribution is -2.38. The van der Waals surface area contributed by atoms with Gasteiger partial charge in [0.2, 0.25) is 6.29 Å². The highest BCUT2D eigenvalue weighted by atomic mass is 32.2. The molecule has 0 saturated carbocycles. The predicted molar refractivity (Wildman–Crippen MR) is 120 cm³/mol. The van der Waals surface area contributed by atoms with Gasteiger partial charge in [-0.15, -0.1) is 0 Å². The molecule has 9 nitrogen and oxygen atoms in total. The van der Waals surface area contributed by atoms with Crippen LogP contribution in [0.5, 0.6) is 11.5 Å². The topological polar surface area (TPSA) is 110 Å². The van der Waals surface area contributed by atoms with E-state index in [-0.39, 0.29) is 17.3 Å². The van der Waals surface area contributed by atoms with Gasteiger partial charge in [-0.1, -0.05) is 6.07 Å². The number of allylic oxidation sites excluding steroid dienone is 1. The van der Waals surface area contributed by atoms with Crippen LogP contribution in [-0.4, -0.2) is 57.6 Å². The van der Waals surface area contributed by atoms with Gasteiger partial charge in [0.15, 0.2) is 0 Å². The van der Waals surface area contributed by atoms with Gasteiger partial charge in [0.1, 0.15) is 11.5 Å². The van der Waals surface area contributed by atoms with E-state index in [9.17, 15) is 13.2 Å². The Labute approximate surface area is 186 Å². The lowest BCUT2D eigenvalue weighted by Gasteiger charge is -2.28. The number of sulfonamides is 1. The molecule has 0 saturated heterocycles. The van der Waals surface area contributed by atoms with Crippen LogP contribution in [0.1, 0.15) is 16.8 Å². The van der Waals surface area contributed by atoms with E-state index in [1.165, 1.54) is 43.1 Å². The maximum Gasteiger partial charge on any atom is 0.263 e. The number of ether oxygens (including phenoxy) is 2. The molecular weight excluding hydrogens is 432 g/mol. The molecule has 32 heavy (non-hydrogen) atoms. The third-order valence-corrected chi connectivity index (χ3v) is 6.85. The number of aliphatic imine (C=N–C) groups is 2. The van der Waals surface area contributed by atoms with Gasteiger partial charge in [-0.25, -0.2) is 18.4 Å². The summed E-state index contributed by atoms with van der Waals surface area (Å²) in [5.41, 5.74) is 1.72. The minimum Gasteiger partial charge on any atom is -0.497 e. The highest BCUT2D eigenvalue weighted by Gasteiger charge is 2.28. The van der Waals surface area contributed by atoms with Gasteiger partial charge in [0, 0.05) is 36.5 Å². The molecular formula is C22H22N4O5S. The second-order valence-electron chi connectivity index (χ2n) is 7.06. The number of amides is 1. The summed E-state index contributed by atoms with van der Waals surface area (Å²) >= 11 is 0. The highest BCUT2D eigenvalue weighted by molar-refractivity contribution is 7.89. The Hall–Kier alpha value is -3.66. The molecule has 1 unspecified atom stereocenters. The number of carbonyl (C=O) groups excluding carboxylic acids is 1. The van der Waals surface area contributed by atoms with Gasteiger partial charge in [0.05, 0.1) is 24.8 Å². The largest absolute Gasteiger partial charge is 0.497 e. The quantitative estimate of drug-likeness (QED) is 0.720. The molecule has 2 aromatic rings. The first-order valence-electron chi connectivity index (χ1n) is 9.83. The van der Waals surface area contributed by atoms with Crippen molar-refractivity contribution < 1.29 is 22.7 Å². The van der Waals surface area contributed by atoms with Gasteiger partial charge < -0.3 is 14.8 Å². The summed E-state index contributed by atoms with van der Waals surface area (Å²) in [6.07, 6.45) is 2.68. The Morgan fingerprint density at radius 1 is 1.09 bits per heavy atom. The smallest absolute Gasteiger partial charge is 0.263 e. The van der Waals surface area contributed by atoms with Crippen molar-refractivity contribution in [2.45, 2.75) is 17.6 Å². The summed E-state index contributed by atoms with van der Waals surface area (Å²) in [5, 5.41) is 2.75. The average Bonchev–Trinajstić information content (AvgIpc) is 2.83. The van der Waals surface area contributed by atoms with Crippen molar-refractivity contribution >= 4 is 27.9 Å². The molecule has 166 valence electrons. The zero-order chi connectivity index (χ0) is 22.7. The van der Waals surface area contributed by atoms with Crippen molar-refractivity contribution in [3.05, 3.63) is 65.9 Å². The van der Waals surface area contributed by atoms with E-state index in [4.69, 9.17) is 9.47 Å². The molecule has 2 heterocycles. The van der Waals surface area contributed by atoms with Crippen LogP contribution in [-0.2, 0) is 10.0 Å². The van der Waals surface area contributed by atoms with Crippen molar-refractivity contribution in [3.63, 3.8) is 0 Å². The first kappa shape index (κ1) is 21.6. The van der Waals surface area contributed by atoms with Crippen molar-refractivity contribution in [2.24, 2.45) is 9.98 Å². The van der Waals surface area contributed by atoms with E-state index in [1.807, 2.05) is 0 Å². The highest BCUT2D eigenvalue weighted by Crippen LogP contribution is 2.24. The molecule has 1 amide bonds. The number of nitrogens with one attached hydrogen (secondary N) is 1. The molecule has 4 rings (SSSR count). The maximum absolute atomic E-state index is 13.0. The minimum atomic E-state index is -3.71. The second kappa shape index (κ2) is 8.83. The zero-order valence-electron chi connectivity index (χ0n) is 17.6. The van der Waals surface area contributed by atoms with Gasteiger partial charge >= 0.3 is 0 Å². The monoisotopic (exact) mass is 454 g/mol. The molecule has 0 bridgehead atoms. The number of hydrogen-bond acceptors (Lipinski definition) is 7. The van der Waals surface area contributed by atoms with Crippen LogP contribution in [0, 0.1) is 0 Å². The van der Waals surface area contributed by atoms with Crippen LogP contribution in [0.25, 0.3) is 0 Å². The van der Waals surface area contributed by atoms with E-state index >= 15 is 0 Å². The van der Waals surface area contributed by atoms with Crippen molar-refractivity contribution in [2.75, 3.05) is 20.8 Å². The fourth-order valence-electron chi connectivity index (χ4n) is 3.34.